The van der Waals surface area contributed by atoms with Crippen LogP contribution in [0.3, 0.4) is 0 Å². The Hall–Kier alpha value is -3.54. The molecule has 0 N–H and O–H groups in total. The third-order valence-corrected chi connectivity index (χ3v) is 3.28. The number of esters is 1. The second kappa shape index (κ2) is 6.70. The molecule has 0 bridgehead atoms. The number of nitrogens with zero attached hydrogens (tertiary/aromatic N) is 2. The number of cyclic esters (lactones) is 1. The zero-order valence-electron chi connectivity index (χ0n) is 12.5. The second-order valence-corrected chi connectivity index (χ2v) is 4.93. The number of nitro benzene ring substituents is 1. The van der Waals surface area contributed by atoms with Gasteiger partial charge >= 0.3 is 5.97 Å². The lowest BCUT2D eigenvalue weighted by molar-refractivity contribution is -0.385. The first-order chi connectivity index (χ1) is 11.6. The molecule has 0 radical (unpaired) electrons. The van der Waals surface area contributed by atoms with Crippen LogP contribution in [-0.2, 0) is 9.53 Å². The van der Waals surface area contributed by atoms with Crippen molar-refractivity contribution in [2.45, 2.75) is 0 Å². The summed E-state index contributed by atoms with van der Waals surface area (Å²) in [6.45, 7) is 0. The highest BCUT2D eigenvalue weighted by atomic mass is 16.6. The fourth-order valence-electron chi connectivity index (χ4n) is 2.15. The monoisotopic (exact) mass is 320 g/mol. The molecule has 6 nitrogen and oxygen atoms in total. The predicted octanol–water partition coefficient (Wildman–Crippen LogP) is 3.60. The Labute approximate surface area is 137 Å². The molecule has 118 valence electrons. The highest BCUT2D eigenvalue weighted by Crippen LogP contribution is 2.23. The van der Waals surface area contributed by atoms with Crippen LogP contribution in [0.4, 0.5) is 5.69 Å². The van der Waals surface area contributed by atoms with Crippen LogP contribution in [0.2, 0.25) is 0 Å². The Morgan fingerprint density at radius 1 is 1.00 bits per heavy atom. The summed E-state index contributed by atoms with van der Waals surface area (Å²) in [5.41, 5.74) is 1.16. The minimum absolute atomic E-state index is 0.0250. The summed E-state index contributed by atoms with van der Waals surface area (Å²) in [4.78, 5) is 26.5. The molecule has 0 spiro atoms. The number of nitro groups is 1. The SMILES string of the molecule is O=C1OC(/C=C/c2ccccc2)=NC/1=C\c1ccccc1[N+](=O)[O-]. The Bertz CT molecular complexity index is 883. The van der Waals surface area contributed by atoms with Gasteiger partial charge in [0.05, 0.1) is 10.5 Å². The molecular formula is C18H12N2O4. The number of ether oxygens (including phenoxy) is 1. The molecule has 0 aromatic heterocycles. The summed E-state index contributed by atoms with van der Waals surface area (Å²) in [5.74, 6) is -0.491. The predicted molar refractivity (Wildman–Crippen MR) is 90.1 cm³/mol. The van der Waals surface area contributed by atoms with Crippen LogP contribution in [0.1, 0.15) is 11.1 Å². The molecule has 1 aliphatic heterocycles. The van der Waals surface area contributed by atoms with E-state index in [-0.39, 0.29) is 17.3 Å². The van der Waals surface area contributed by atoms with Crippen molar-refractivity contribution in [2.24, 2.45) is 4.99 Å². The van der Waals surface area contributed by atoms with Crippen molar-refractivity contribution in [2.75, 3.05) is 0 Å². The largest absolute Gasteiger partial charge is 0.403 e. The summed E-state index contributed by atoms with van der Waals surface area (Å²) < 4.78 is 5.05. The van der Waals surface area contributed by atoms with Crippen molar-refractivity contribution in [3.05, 3.63) is 87.6 Å². The highest BCUT2D eigenvalue weighted by molar-refractivity contribution is 6.11. The van der Waals surface area contributed by atoms with Crippen molar-refractivity contribution in [1.29, 1.82) is 0 Å². The van der Waals surface area contributed by atoms with Crippen LogP contribution in [0.5, 0.6) is 0 Å². The zero-order chi connectivity index (χ0) is 16.9. The lowest BCUT2D eigenvalue weighted by Crippen LogP contribution is -2.01. The number of carbonyl (C=O) groups is 1. The van der Waals surface area contributed by atoms with Gasteiger partial charge in [0.2, 0.25) is 5.90 Å². The van der Waals surface area contributed by atoms with Crippen LogP contribution in [0.15, 0.2) is 71.4 Å². The standard InChI is InChI=1S/C18H12N2O4/c21-18-15(12-14-8-4-5-9-16(14)20(22)23)19-17(24-18)11-10-13-6-2-1-3-7-13/h1-12H/b11-10+,15-12-. The van der Waals surface area contributed by atoms with Gasteiger partial charge in [-0.3, -0.25) is 10.1 Å². The summed E-state index contributed by atoms with van der Waals surface area (Å²) in [6.07, 6.45) is 4.69. The molecular weight excluding hydrogens is 308 g/mol. The van der Waals surface area contributed by atoms with Crippen LogP contribution < -0.4 is 0 Å². The number of carbonyl (C=O) groups excluding carboxylic acids is 1. The van der Waals surface area contributed by atoms with Crippen LogP contribution in [-0.4, -0.2) is 16.8 Å². The molecule has 0 amide bonds. The number of benzene rings is 2. The van der Waals surface area contributed by atoms with Crippen molar-refractivity contribution in [1.82, 2.24) is 0 Å². The molecule has 1 aliphatic rings. The van der Waals surface area contributed by atoms with E-state index in [1.807, 2.05) is 30.3 Å². The van der Waals surface area contributed by atoms with Gasteiger partial charge in [0.15, 0.2) is 5.70 Å². The van der Waals surface area contributed by atoms with E-state index in [4.69, 9.17) is 4.74 Å². The van der Waals surface area contributed by atoms with E-state index < -0.39 is 10.9 Å². The lowest BCUT2D eigenvalue weighted by Gasteiger charge is -1.96. The number of aliphatic imine (C=N–C) groups is 1. The average molecular weight is 320 g/mol. The molecule has 0 atom stereocenters. The number of hydrogen-bond acceptors (Lipinski definition) is 5. The average Bonchev–Trinajstić information content (AvgIpc) is 2.94. The molecule has 2 aromatic carbocycles. The normalized spacial score (nSPS) is 15.6. The van der Waals surface area contributed by atoms with Crippen molar-refractivity contribution in [3.63, 3.8) is 0 Å². The van der Waals surface area contributed by atoms with Gasteiger partial charge in [0, 0.05) is 12.1 Å². The summed E-state index contributed by atoms with van der Waals surface area (Å²) >= 11 is 0. The maximum absolute atomic E-state index is 11.9. The van der Waals surface area contributed by atoms with Crippen molar-refractivity contribution in [3.8, 4) is 0 Å². The minimum Gasteiger partial charge on any atom is -0.403 e. The summed E-state index contributed by atoms with van der Waals surface area (Å²) in [6, 6.07) is 15.6. The first-order valence-corrected chi connectivity index (χ1v) is 7.12. The maximum Gasteiger partial charge on any atom is 0.363 e. The molecule has 0 unspecified atom stereocenters. The Balaban J connectivity index is 1.87. The Morgan fingerprint density at radius 2 is 1.71 bits per heavy atom. The third-order valence-electron chi connectivity index (χ3n) is 3.28. The van der Waals surface area contributed by atoms with Gasteiger partial charge in [-0.1, -0.05) is 42.5 Å². The smallest absolute Gasteiger partial charge is 0.363 e. The van der Waals surface area contributed by atoms with Crippen LogP contribution in [0, 0.1) is 10.1 Å². The van der Waals surface area contributed by atoms with Gasteiger partial charge in [-0.25, -0.2) is 9.79 Å². The minimum atomic E-state index is -0.638. The van der Waals surface area contributed by atoms with E-state index in [1.165, 1.54) is 12.1 Å². The van der Waals surface area contributed by atoms with Gasteiger partial charge in [0.25, 0.3) is 5.69 Å². The van der Waals surface area contributed by atoms with E-state index in [0.717, 1.165) is 5.56 Å². The van der Waals surface area contributed by atoms with Gasteiger partial charge in [0.1, 0.15) is 0 Å². The van der Waals surface area contributed by atoms with E-state index >= 15 is 0 Å². The van der Waals surface area contributed by atoms with Crippen LogP contribution >= 0.6 is 0 Å². The first kappa shape index (κ1) is 15.4. The number of rotatable bonds is 4. The number of hydrogen-bond donors (Lipinski definition) is 0. The highest BCUT2D eigenvalue weighted by Gasteiger charge is 2.22. The van der Waals surface area contributed by atoms with Gasteiger partial charge in [-0.2, -0.15) is 0 Å². The van der Waals surface area contributed by atoms with Gasteiger partial charge < -0.3 is 4.74 Å². The second-order valence-electron chi connectivity index (χ2n) is 4.93. The van der Waals surface area contributed by atoms with E-state index in [2.05, 4.69) is 4.99 Å². The molecule has 24 heavy (non-hydrogen) atoms. The molecule has 0 saturated heterocycles. The van der Waals surface area contributed by atoms with E-state index in [0.29, 0.717) is 5.56 Å². The van der Waals surface area contributed by atoms with Gasteiger partial charge in [-0.05, 0) is 23.8 Å². The molecule has 6 heteroatoms. The molecule has 0 fully saturated rings. The summed E-state index contributed by atoms with van der Waals surface area (Å²) in [5, 5.41) is 11.0. The maximum atomic E-state index is 11.9. The zero-order valence-corrected chi connectivity index (χ0v) is 12.5. The molecule has 3 rings (SSSR count). The number of para-hydroxylation sites is 1. The Kier molecular flexibility index (Phi) is 4.29. The molecule has 1 heterocycles. The Morgan fingerprint density at radius 3 is 2.46 bits per heavy atom. The quantitative estimate of drug-likeness (QED) is 0.373. The van der Waals surface area contributed by atoms with Gasteiger partial charge in [-0.15, -0.1) is 0 Å². The topological polar surface area (TPSA) is 81.8 Å². The fourth-order valence-corrected chi connectivity index (χ4v) is 2.15. The van der Waals surface area contributed by atoms with E-state index in [9.17, 15) is 14.9 Å². The summed E-state index contributed by atoms with van der Waals surface area (Å²) in [7, 11) is 0. The van der Waals surface area contributed by atoms with Crippen LogP contribution in [0.25, 0.3) is 12.2 Å². The first-order valence-electron chi connectivity index (χ1n) is 7.12. The van der Waals surface area contributed by atoms with E-state index in [1.54, 1.807) is 30.4 Å². The fraction of sp³-hybridized carbons (Fsp3) is 0. The van der Waals surface area contributed by atoms with Crippen molar-refractivity contribution < 1.29 is 14.5 Å². The molecule has 0 aliphatic carbocycles. The van der Waals surface area contributed by atoms with Crippen molar-refractivity contribution >= 4 is 29.7 Å². The molecule has 0 saturated carbocycles. The lowest BCUT2D eigenvalue weighted by atomic mass is 10.1. The molecule has 2 aromatic rings. The third kappa shape index (κ3) is 3.44.